The minimum Gasteiger partial charge on any atom is -0.497 e. The molecule has 7 nitrogen and oxygen atoms in total. The number of aliphatic hydroxyl groups excluding tert-OH is 4. The molecule has 1 saturated heterocycles. The predicted molar refractivity (Wildman–Crippen MR) is 72.3 cm³/mol. The lowest BCUT2D eigenvalue weighted by Gasteiger charge is -2.40. The van der Waals surface area contributed by atoms with E-state index in [0.29, 0.717) is 17.1 Å². The first kappa shape index (κ1) is 16.0. The van der Waals surface area contributed by atoms with E-state index in [1.807, 2.05) is 0 Å². The first-order valence-electron chi connectivity index (χ1n) is 6.56. The van der Waals surface area contributed by atoms with Crippen molar-refractivity contribution in [3.63, 3.8) is 0 Å². The molecule has 1 aliphatic heterocycles. The van der Waals surface area contributed by atoms with Gasteiger partial charge in [0.25, 0.3) is 0 Å². The highest BCUT2D eigenvalue weighted by molar-refractivity contribution is 5.42. The lowest BCUT2D eigenvalue weighted by Crippen LogP contribution is -2.55. The summed E-state index contributed by atoms with van der Waals surface area (Å²) >= 11 is 0. The Morgan fingerprint density at radius 3 is 2.33 bits per heavy atom. The van der Waals surface area contributed by atoms with E-state index in [4.69, 9.17) is 14.2 Å². The topological polar surface area (TPSA) is 109 Å². The van der Waals surface area contributed by atoms with Gasteiger partial charge in [0.2, 0.25) is 0 Å². The molecular weight excluding hydrogens is 280 g/mol. The molecule has 0 aliphatic carbocycles. The van der Waals surface area contributed by atoms with Crippen molar-refractivity contribution in [1.82, 2.24) is 0 Å². The molecule has 7 heteroatoms. The molecule has 1 fully saturated rings. The Morgan fingerprint density at radius 2 is 1.76 bits per heavy atom. The molecule has 2 rings (SSSR count). The highest BCUT2D eigenvalue weighted by Crippen LogP contribution is 2.38. The van der Waals surface area contributed by atoms with Crippen LogP contribution in [0.2, 0.25) is 0 Å². The van der Waals surface area contributed by atoms with Crippen molar-refractivity contribution >= 4 is 0 Å². The van der Waals surface area contributed by atoms with Crippen LogP contribution in [0.4, 0.5) is 0 Å². The van der Waals surface area contributed by atoms with Crippen molar-refractivity contribution in [2.75, 3.05) is 20.8 Å². The molecule has 1 aromatic carbocycles. The molecular formula is C14H20O7. The summed E-state index contributed by atoms with van der Waals surface area (Å²) in [5.74, 6) is 0.975. The second kappa shape index (κ2) is 6.59. The number of methoxy groups -OCH3 is 2. The monoisotopic (exact) mass is 300 g/mol. The fourth-order valence-electron chi connectivity index (χ4n) is 2.42. The molecule has 0 radical (unpaired) electrons. The summed E-state index contributed by atoms with van der Waals surface area (Å²) in [7, 11) is 2.97. The van der Waals surface area contributed by atoms with Crippen LogP contribution in [-0.4, -0.2) is 65.7 Å². The molecule has 4 N–H and O–H groups in total. The predicted octanol–water partition coefficient (Wildman–Crippen LogP) is -0.781. The molecule has 0 spiro atoms. The van der Waals surface area contributed by atoms with E-state index in [2.05, 4.69) is 0 Å². The van der Waals surface area contributed by atoms with E-state index in [9.17, 15) is 20.4 Å². The molecule has 1 aromatic rings. The van der Waals surface area contributed by atoms with Crippen LogP contribution >= 0.6 is 0 Å². The highest BCUT2D eigenvalue weighted by Gasteiger charge is 2.44. The first-order valence-corrected chi connectivity index (χ1v) is 6.56. The molecule has 0 aromatic heterocycles. The van der Waals surface area contributed by atoms with Crippen molar-refractivity contribution in [3.05, 3.63) is 23.8 Å². The maximum absolute atomic E-state index is 10.1. The van der Waals surface area contributed by atoms with Gasteiger partial charge in [-0.3, -0.25) is 0 Å². The number of ether oxygens (including phenoxy) is 3. The number of rotatable bonds is 4. The molecule has 1 aliphatic rings. The summed E-state index contributed by atoms with van der Waals surface area (Å²) in [5.41, 5.74) is 0.466. The zero-order valence-corrected chi connectivity index (χ0v) is 11.8. The minimum absolute atomic E-state index is 0.445. The van der Waals surface area contributed by atoms with Gasteiger partial charge in [0.05, 0.1) is 20.8 Å². The van der Waals surface area contributed by atoms with Gasteiger partial charge in [0, 0.05) is 5.56 Å². The van der Waals surface area contributed by atoms with E-state index >= 15 is 0 Å². The molecule has 0 unspecified atom stereocenters. The molecule has 21 heavy (non-hydrogen) atoms. The summed E-state index contributed by atoms with van der Waals surface area (Å²) in [5, 5.41) is 39.0. The van der Waals surface area contributed by atoms with Gasteiger partial charge in [-0.2, -0.15) is 0 Å². The van der Waals surface area contributed by atoms with Crippen LogP contribution < -0.4 is 9.47 Å². The van der Waals surface area contributed by atoms with Crippen LogP contribution in [0.15, 0.2) is 18.2 Å². The average molecular weight is 300 g/mol. The van der Waals surface area contributed by atoms with Gasteiger partial charge in [-0.05, 0) is 18.2 Å². The highest BCUT2D eigenvalue weighted by atomic mass is 16.5. The van der Waals surface area contributed by atoms with Crippen LogP contribution in [-0.2, 0) is 4.74 Å². The Morgan fingerprint density at radius 1 is 1.05 bits per heavy atom. The number of benzene rings is 1. The van der Waals surface area contributed by atoms with Crippen LogP contribution in [0.1, 0.15) is 11.7 Å². The van der Waals surface area contributed by atoms with Crippen molar-refractivity contribution in [1.29, 1.82) is 0 Å². The SMILES string of the molecule is COc1ccc(OC)c([C@@H]2O[C@H](CO)[C@H](O)[C@H](O)[C@H]2O)c1. The standard InChI is InChI=1S/C14H20O7/c1-19-7-3-4-9(20-2)8(5-7)14-13(18)12(17)11(16)10(6-15)21-14/h3-5,10-18H,6H2,1-2H3/t10-,11+,12+,13-,14+/m1/s1. The Labute approximate surface area is 122 Å². The first-order chi connectivity index (χ1) is 10.0. The van der Waals surface area contributed by atoms with Gasteiger partial charge in [-0.25, -0.2) is 0 Å². The molecule has 0 saturated carbocycles. The Kier molecular flexibility index (Phi) is 5.02. The quantitative estimate of drug-likeness (QED) is 0.577. The lowest BCUT2D eigenvalue weighted by molar-refractivity contribution is -0.232. The molecule has 5 atom stereocenters. The van der Waals surface area contributed by atoms with E-state index in [1.54, 1.807) is 18.2 Å². The third-order valence-corrected chi connectivity index (χ3v) is 3.64. The maximum Gasteiger partial charge on any atom is 0.125 e. The Hall–Kier alpha value is -1.38. The number of hydrogen-bond acceptors (Lipinski definition) is 7. The van der Waals surface area contributed by atoms with Crippen molar-refractivity contribution in [2.45, 2.75) is 30.5 Å². The second-order valence-corrected chi connectivity index (χ2v) is 4.86. The summed E-state index contributed by atoms with van der Waals surface area (Å²) in [6.07, 6.45) is -6.10. The van der Waals surface area contributed by atoms with Crippen LogP contribution in [0.5, 0.6) is 11.5 Å². The van der Waals surface area contributed by atoms with Gasteiger partial charge >= 0.3 is 0 Å². The zero-order valence-electron chi connectivity index (χ0n) is 11.8. The second-order valence-electron chi connectivity index (χ2n) is 4.86. The molecule has 0 amide bonds. The normalized spacial score (nSPS) is 32.8. The summed E-state index contributed by atoms with van der Waals surface area (Å²) in [6, 6.07) is 4.95. The van der Waals surface area contributed by atoms with Crippen molar-refractivity contribution in [3.8, 4) is 11.5 Å². The minimum atomic E-state index is -1.43. The van der Waals surface area contributed by atoms with Gasteiger partial charge < -0.3 is 34.6 Å². The van der Waals surface area contributed by atoms with Gasteiger partial charge in [0.1, 0.15) is 42.0 Å². The average Bonchev–Trinajstić information content (AvgIpc) is 2.52. The lowest BCUT2D eigenvalue weighted by atomic mass is 9.91. The molecule has 118 valence electrons. The molecule has 1 heterocycles. The third kappa shape index (κ3) is 2.97. The van der Waals surface area contributed by atoms with Crippen LogP contribution in [0.25, 0.3) is 0 Å². The molecule has 0 bridgehead atoms. The van der Waals surface area contributed by atoms with E-state index in [0.717, 1.165) is 0 Å². The fraction of sp³-hybridized carbons (Fsp3) is 0.571. The van der Waals surface area contributed by atoms with Gasteiger partial charge in [0.15, 0.2) is 0 Å². The van der Waals surface area contributed by atoms with Crippen LogP contribution in [0.3, 0.4) is 0 Å². The van der Waals surface area contributed by atoms with E-state index in [1.165, 1.54) is 14.2 Å². The number of aliphatic hydroxyl groups is 4. The fourth-order valence-corrected chi connectivity index (χ4v) is 2.42. The van der Waals surface area contributed by atoms with Crippen molar-refractivity contribution in [2.24, 2.45) is 0 Å². The summed E-state index contributed by atoms with van der Waals surface area (Å²) in [6.45, 7) is -0.478. The Bertz CT molecular complexity index is 476. The Balaban J connectivity index is 2.39. The number of hydrogen-bond donors (Lipinski definition) is 4. The largest absolute Gasteiger partial charge is 0.497 e. The summed E-state index contributed by atoms with van der Waals surface area (Å²) in [4.78, 5) is 0. The summed E-state index contributed by atoms with van der Waals surface area (Å²) < 4.78 is 15.9. The van der Waals surface area contributed by atoms with E-state index in [-0.39, 0.29) is 0 Å². The van der Waals surface area contributed by atoms with Crippen molar-refractivity contribution < 1.29 is 34.6 Å². The van der Waals surface area contributed by atoms with Crippen LogP contribution in [0, 0.1) is 0 Å². The van der Waals surface area contributed by atoms with Gasteiger partial charge in [-0.1, -0.05) is 0 Å². The zero-order chi connectivity index (χ0) is 15.6. The van der Waals surface area contributed by atoms with Gasteiger partial charge in [-0.15, -0.1) is 0 Å². The van der Waals surface area contributed by atoms with E-state index < -0.39 is 37.1 Å². The third-order valence-electron chi connectivity index (χ3n) is 3.64. The smallest absolute Gasteiger partial charge is 0.125 e. The maximum atomic E-state index is 10.1.